The molecule has 1 aliphatic heterocycles. The number of nitrogens with zero attached hydrogens (tertiary/aromatic N) is 2. The minimum atomic E-state index is -4.74. The van der Waals surface area contributed by atoms with Crippen LogP contribution in [0.2, 0.25) is 0 Å². The number of rotatable bonds is 8. The summed E-state index contributed by atoms with van der Waals surface area (Å²) in [4.78, 5) is 16.8. The first kappa shape index (κ1) is 20.3. The van der Waals surface area contributed by atoms with E-state index < -0.39 is 6.36 Å². The summed E-state index contributed by atoms with van der Waals surface area (Å²) in [5, 5.41) is 0. The average Bonchev–Trinajstić information content (AvgIpc) is 3.03. The molecule has 0 aromatic heterocycles. The second kappa shape index (κ2) is 9.07. The molecule has 1 fully saturated rings. The standard InChI is InChI=1S/C19H25F3N2O2/c1-3-23(4-2)14-16-6-5-12-24(16)13-11-18(25)15-7-9-17(10-8-15)26-19(20,21)22/h7-11,13,16H,3-6,12,14H2,1-2H3/t16-/m0/s1. The average molecular weight is 370 g/mol. The Balaban J connectivity index is 1.95. The Labute approximate surface area is 152 Å². The van der Waals surface area contributed by atoms with E-state index in [0.29, 0.717) is 11.6 Å². The molecule has 0 unspecified atom stereocenters. The zero-order valence-electron chi connectivity index (χ0n) is 15.1. The molecule has 1 saturated heterocycles. The molecule has 2 rings (SSSR count). The summed E-state index contributed by atoms with van der Waals surface area (Å²) in [7, 11) is 0. The maximum absolute atomic E-state index is 12.3. The number of alkyl halides is 3. The third kappa shape index (κ3) is 6.05. The number of hydrogen-bond acceptors (Lipinski definition) is 4. The maximum Gasteiger partial charge on any atom is 0.573 e. The van der Waals surface area contributed by atoms with Crippen LogP contribution < -0.4 is 4.74 Å². The first-order valence-electron chi connectivity index (χ1n) is 8.88. The lowest BCUT2D eigenvalue weighted by atomic mass is 10.1. The van der Waals surface area contributed by atoms with Crippen LogP contribution in [0.15, 0.2) is 36.5 Å². The van der Waals surface area contributed by atoms with Gasteiger partial charge in [-0.25, -0.2) is 0 Å². The fourth-order valence-corrected chi connectivity index (χ4v) is 3.11. The van der Waals surface area contributed by atoms with Crippen molar-refractivity contribution < 1.29 is 22.7 Å². The molecular formula is C19H25F3N2O2. The number of allylic oxidation sites excluding steroid dienone is 1. The van der Waals surface area contributed by atoms with Crippen LogP contribution in [0.4, 0.5) is 13.2 Å². The second-order valence-corrected chi connectivity index (χ2v) is 6.27. The highest BCUT2D eigenvalue weighted by atomic mass is 19.4. The fourth-order valence-electron chi connectivity index (χ4n) is 3.11. The van der Waals surface area contributed by atoms with Crippen LogP contribution in [0.3, 0.4) is 0 Å². The molecule has 1 atom stereocenters. The molecule has 1 aromatic rings. The molecule has 26 heavy (non-hydrogen) atoms. The third-order valence-corrected chi connectivity index (χ3v) is 4.58. The zero-order chi connectivity index (χ0) is 19.2. The van der Waals surface area contributed by atoms with Crippen LogP contribution in [0.1, 0.15) is 37.0 Å². The van der Waals surface area contributed by atoms with Crippen LogP contribution in [-0.4, -0.2) is 54.2 Å². The summed E-state index contributed by atoms with van der Waals surface area (Å²) in [6, 6.07) is 5.36. The van der Waals surface area contributed by atoms with Gasteiger partial charge in [-0.3, -0.25) is 4.79 Å². The van der Waals surface area contributed by atoms with Gasteiger partial charge in [0.1, 0.15) is 5.75 Å². The minimum Gasteiger partial charge on any atom is -0.406 e. The molecule has 0 radical (unpaired) electrons. The van der Waals surface area contributed by atoms with Crippen molar-refractivity contribution in [2.24, 2.45) is 0 Å². The van der Waals surface area contributed by atoms with E-state index in [4.69, 9.17) is 0 Å². The van der Waals surface area contributed by atoms with Gasteiger partial charge in [-0.2, -0.15) is 0 Å². The Morgan fingerprint density at radius 1 is 1.27 bits per heavy atom. The lowest BCUT2D eigenvalue weighted by Gasteiger charge is -2.28. The molecule has 0 bridgehead atoms. The molecule has 1 aliphatic rings. The van der Waals surface area contributed by atoms with E-state index in [-0.39, 0.29) is 11.5 Å². The van der Waals surface area contributed by atoms with Crippen molar-refractivity contribution in [3.05, 3.63) is 42.1 Å². The van der Waals surface area contributed by atoms with E-state index >= 15 is 0 Å². The number of carbonyl (C=O) groups excluding carboxylic acids is 1. The van der Waals surface area contributed by atoms with Gasteiger partial charge in [0.25, 0.3) is 0 Å². The van der Waals surface area contributed by atoms with E-state index in [1.165, 1.54) is 18.2 Å². The van der Waals surface area contributed by atoms with Crippen molar-refractivity contribution in [3.8, 4) is 5.75 Å². The molecule has 0 N–H and O–H groups in total. The molecule has 144 valence electrons. The smallest absolute Gasteiger partial charge is 0.406 e. The largest absolute Gasteiger partial charge is 0.573 e. The van der Waals surface area contributed by atoms with Crippen LogP contribution in [0.25, 0.3) is 0 Å². The predicted molar refractivity (Wildman–Crippen MR) is 94.1 cm³/mol. The number of halogens is 3. The predicted octanol–water partition coefficient (Wildman–Crippen LogP) is 4.09. The number of likely N-dealkylation sites (tertiary alicyclic amines) is 1. The SMILES string of the molecule is CCN(CC)C[C@@H]1CCCN1C=CC(=O)c1ccc(OC(F)(F)F)cc1. The van der Waals surface area contributed by atoms with Gasteiger partial charge in [-0.1, -0.05) is 13.8 Å². The van der Waals surface area contributed by atoms with Gasteiger partial charge < -0.3 is 14.5 Å². The minimum absolute atomic E-state index is 0.239. The van der Waals surface area contributed by atoms with Gasteiger partial charge in [0.05, 0.1) is 0 Å². The summed E-state index contributed by atoms with van der Waals surface area (Å²) < 4.78 is 40.3. The van der Waals surface area contributed by atoms with Crippen LogP contribution in [-0.2, 0) is 0 Å². The lowest BCUT2D eigenvalue weighted by Crippen LogP contribution is -2.38. The highest BCUT2D eigenvalue weighted by Crippen LogP contribution is 2.23. The van der Waals surface area contributed by atoms with Crippen molar-refractivity contribution in [1.82, 2.24) is 9.80 Å². The van der Waals surface area contributed by atoms with Crippen molar-refractivity contribution in [3.63, 3.8) is 0 Å². The van der Waals surface area contributed by atoms with Crippen molar-refractivity contribution in [2.75, 3.05) is 26.2 Å². The first-order chi connectivity index (χ1) is 12.3. The van der Waals surface area contributed by atoms with Crippen molar-refractivity contribution in [1.29, 1.82) is 0 Å². The van der Waals surface area contributed by atoms with Crippen LogP contribution >= 0.6 is 0 Å². The van der Waals surface area contributed by atoms with Gasteiger partial charge in [0, 0.05) is 37.0 Å². The first-order valence-corrected chi connectivity index (χ1v) is 8.88. The number of hydrogen-bond donors (Lipinski definition) is 0. The Hall–Kier alpha value is -2.02. The number of ether oxygens (including phenoxy) is 1. The van der Waals surface area contributed by atoms with Gasteiger partial charge in [0.15, 0.2) is 5.78 Å². The maximum atomic E-state index is 12.3. The molecule has 1 heterocycles. The molecule has 0 saturated carbocycles. The molecule has 0 amide bonds. The monoisotopic (exact) mass is 370 g/mol. The summed E-state index contributed by atoms with van der Waals surface area (Å²) in [6.45, 7) is 8.14. The van der Waals surface area contributed by atoms with Gasteiger partial charge in [0.2, 0.25) is 0 Å². The number of carbonyl (C=O) groups is 1. The van der Waals surface area contributed by atoms with E-state index in [2.05, 4.69) is 28.4 Å². The highest BCUT2D eigenvalue weighted by Gasteiger charge is 2.31. The van der Waals surface area contributed by atoms with E-state index in [0.717, 1.165) is 51.2 Å². The molecule has 0 spiro atoms. The van der Waals surface area contributed by atoms with Gasteiger partial charge in [-0.15, -0.1) is 13.2 Å². The normalized spacial score (nSPS) is 18.1. The summed E-state index contributed by atoms with van der Waals surface area (Å²) in [6.07, 6.45) is 0.747. The molecular weight excluding hydrogens is 345 g/mol. The zero-order valence-corrected chi connectivity index (χ0v) is 15.1. The quantitative estimate of drug-likeness (QED) is 0.510. The summed E-state index contributed by atoms with van der Waals surface area (Å²) in [5.41, 5.74) is 0.329. The number of benzene rings is 1. The topological polar surface area (TPSA) is 32.8 Å². The Kier molecular flexibility index (Phi) is 7.08. The molecule has 0 aliphatic carbocycles. The number of likely N-dealkylation sites (N-methyl/N-ethyl adjacent to an activating group) is 1. The molecule has 7 heteroatoms. The fraction of sp³-hybridized carbons (Fsp3) is 0.526. The Morgan fingerprint density at radius 3 is 2.50 bits per heavy atom. The van der Waals surface area contributed by atoms with E-state index in [9.17, 15) is 18.0 Å². The molecule has 1 aromatic carbocycles. The number of ketones is 1. The van der Waals surface area contributed by atoms with E-state index in [1.54, 1.807) is 0 Å². The van der Waals surface area contributed by atoms with Crippen LogP contribution in [0, 0.1) is 0 Å². The van der Waals surface area contributed by atoms with Crippen LogP contribution in [0.5, 0.6) is 5.75 Å². The van der Waals surface area contributed by atoms with Gasteiger partial charge >= 0.3 is 6.36 Å². The highest BCUT2D eigenvalue weighted by molar-refractivity contribution is 6.04. The summed E-state index contributed by atoms with van der Waals surface area (Å²) >= 11 is 0. The van der Waals surface area contributed by atoms with Crippen molar-refractivity contribution >= 4 is 5.78 Å². The third-order valence-electron chi connectivity index (χ3n) is 4.58. The lowest BCUT2D eigenvalue weighted by molar-refractivity contribution is -0.274. The Bertz CT molecular complexity index is 610. The summed E-state index contributed by atoms with van der Waals surface area (Å²) in [5.74, 6) is -0.575. The molecule has 4 nitrogen and oxygen atoms in total. The second-order valence-electron chi connectivity index (χ2n) is 6.27. The van der Waals surface area contributed by atoms with Crippen molar-refractivity contribution in [2.45, 2.75) is 39.1 Å². The van der Waals surface area contributed by atoms with E-state index in [1.807, 2.05) is 6.20 Å². The van der Waals surface area contributed by atoms with Gasteiger partial charge in [-0.05, 0) is 50.2 Å². The Morgan fingerprint density at radius 2 is 1.92 bits per heavy atom.